The van der Waals surface area contributed by atoms with Crippen LogP contribution in [0.25, 0.3) is 0 Å². The lowest BCUT2D eigenvalue weighted by Crippen LogP contribution is -2.45. The molecule has 154 valence electrons. The number of alkyl halides is 3. The van der Waals surface area contributed by atoms with E-state index in [0.29, 0.717) is 6.42 Å². The molecule has 28 heavy (non-hydrogen) atoms. The third-order valence-electron chi connectivity index (χ3n) is 3.75. The summed E-state index contributed by atoms with van der Waals surface area (Å²) in [6, 6.07) is 12.8. The number of nitrogens with one attached hydrogen (secondary N) is 1. The number of carbonyl (C=O) groups excluding carboxylic acids is 1. The highest BCUT2D eigenvalue weighted by atomic mass is 35.5. The minimum absolute atomic E-state index is 0. The van der Waals surface area contributed by atoms with E-state index in [1.54, 1.807) is 0 Å². The van der Waals surface area contributed by atoms with Gasteiger partial charge in [0, 0.05) is 6.54 Å². The number of ether oxygens (including phenoxy) is 1. The second kappa shape index (κ2) is 10.9. The van der Waals surface area contributed by atoms with Crippen LogP contribution in [0.5, 0.6) is 5.75 Å². The molecule has 0 spiro atoms. The van der Waals surface area contributed by atoms with E-state index in [1.807, 2.05) is 30.3 Å². The summed E-state index contributed by atoms with van der Waals surface area (Å²) < 4.78 is 43.1. The summed E-state index contributed by atoms with van der Waals surface area (Å²) in [5, 5.41) is 12.4. The molecule has 0 aliphatic carbocycles. The molecule has 2 atom stereocenters. The van der Waals surface area contributed by atoms with Crippen LogP contribution in [0.15, 0.2) is 54.6 Å². The number of aliphatic hydroxyl groups excluding tert-OH is 1. The highest BCUT2D eigenvalue weighted by Gasteiger charge is 2.30. The molecule has 4 N–H and O–H groups in total. The molecule has 2 aromatic rings. The van der Waals surface area contributed by atoms with Crippen LogP contribution in [0.4, 0.5) is 13.2 Å². The molecule has 2 rings (SSSR count). The van der Waals surface area contributed by atoms with Crippen molar-refractivity contribution < 1.29 is 27.8 Å². The lowest BCUT2D eigenvalue weighted by Gasteiger charge is -2.16. The Morgan fingerprint density at radius 3 is 2.46 bits per heavy atom. The Hall–Kier alpha value is -2.29. The molecule has 0 saturated carbocycles. The van der Waals surface area contributed by atoms with Crippen molar-refractivity contribution in [2.45, 2.75) is 24.7 Å². The number of rotatable bonds is 8. The smallest absolute Gasteiger partial charge is 0.416 e. The molecule has 0 radical (unpaired) electrons. The topological polar surface area (TPSA) is 84.6 Å². The van der Waals surface area contributed by atoms with E-state index < -0.39 is 29.8 Å². The predicted octanol–water partition coefficient (Wildman–Crippen LogP) is 2.55. The van der Waals surface area contributed by atoms with Crippen LogP contribution in [0.3, 0.4) is 0 Å². The Bertz CT molecular complexity index is 745. The molecular formula is C19H22ClF3N2O3. The van der Waals surface area contributed by atoms with E-state index in [2.05, 4.69) is 5.32 Å². The Labute approximate surface area is 167 Å². The Morgan fingerprint density at radius 1 is 1.14 bits per heavy atom. The first-order chi connectivity index (χ1) is 12.8. The van der Waals surface area contributed by atoms with Gasteiger partial charge >= 0.3 is 6.18 Å². The number of benzene rings is 2. The van der Waals surface area contributed by atoms with Crippen LogP contribution in [-0.4, -0.2) is 36.3 Å². The summed E-state index contributed by atoms with van der Waals surface area (Å²) in [4.78, 5) is 12.0. The van der Waals surface area contributed by atoms with Crippen LogP contribution in [0.2, 0.25) is 0 Å². The van der Waals surface area contributed by atoms with Crippen molar-refractivity contribution in [3.8, 4) is 5.75 Å². The lowest BCUT2D eigenvalue weighted by atomic mass is 10.1. The van der Waals surface area contributed by atoms with Crippen LogP contribution >= 0.6 is 12.4 Å². The molecule has 9 heteroatoms. The summed E-state index contributed by atoms with van der Waals surface area (Å²) in [5.41, 5.74) is 5.90. The normalized spacial score (nSPS) is 13.2. The van der Waals surface area contributed by atoms with E-state index in [9.17, 15) is 23.1 Å². The average Bonchev–Trinajstić information content (AvgIpc) is 2.64. The molecule has 0 bridgehead atoms. The number of halogens is 4. The van der Waals surface area contributed by atoms with Crippen molar-refractivity contribution in [2.24, 2.45) is 5.73 Å². The Balaban J connectivity index is 0.00000392. The second-order valence-corrected chi connectivity index (χ2v) is 6.03. The maximum Gasteiger partial charge on any atom is 0.416 e. The summed E-state index contributed by atoms with van der Waals surface area (Å²) in [5.74, 6) is -0.451. The fourth-order valence-corrected chi connectivity index (χ4v) is 2.32. The standard InChI is InChI=1S/C19H21F3N2O3.ClH/c20-19(21,22)14-7-4-8-16(10-14)27-12-15(25)11-24-18(26)17(23)9-13-5-2-1-3-6-13;/h1-8,10,15,17,25H,9,11-12,23H2,(H,24,26);1H/t15?,17-;/m0./s1. The number of amides is 1. The Kier molecular flexibility index (Phi) is 9.24. The maximum absolute atomic E-state index is 12.6. The first-order valence-corrected chi connectivity index (χ1v) is 8.31. The van der Waals surface area contributed by atoms with Gasteiger partial charge in [0.05, 0.1) is 11.6 Å². The van der Waals surface area contributed by atoms with Gasteiger partial charge in [0.2, 0.25) is 5.91 Å². The molecule has 1 amide bonds. The second-order valence-electron chi connectivity index (χ2n) is 6.03. The average molecular weight is 419 g/mol. The van der Waals surface area contributed by atoms with E-state index in [-0.39, 0.29) is 31.3 Å². The minimum atomic E-state index is -4.47. The van der Waals surface area contributed by atoms with Crippen LogP contribution < -0.4 is 15.8 Å². The van der Waals surface area contributed by atoms with Crippen LogP contribution in [-0.2, 0) is 17.4 Å². The molecule has 1 unspecified atom stereocenters. The summed E-state index contributed by atoms with van der Waals surface area (Å²) in [7, 11) is 0. The maximum atomic E-state index is 12.6. The third-order valence-corrected chi connectivity index (χ3v) is 3.75. The van der Waals surface area contributed by atoms with E-state index in [1.165, 1.54) is 12.1 Å². The zero-order chi connectivity index (χ0) is 19.9. The summed E-state index contributed by atoms with van der Waals surface area (Å²) >= 11 is 0. The zero-order valence-electron chi connectivity index (χ0n) is 14.9. The molecule has 0 heterocycles. The molecular weight excluding hydrogens is 397 g/mol. The van der Waals surface area contributed by atoms with Gasteiger partial charge in [0.1, 0.15) is 18.5 Å². The van der Waals surface area contributed by atoms with Gasteiger partial charge in [-0.25, -0.2) is 0 Å². The fourth-order valence-electron chi connectivity index (χ4n) is 2.32. The monoisotopic (exact) mass is 418 g/mol. The fraction of sp³-hybridized carbons (Fsp3) is 0.316. The van der Waals surface area contributed by atoms with Crippen molar-refractivity contribution in [3.63, 3.8) is 0 Å². The molecule has 0 fully saturated rings. The van der Waals surface area contributed by atoms with Gasteiger partial charge in [0.25, 0.3) is 0 Å². The van der Waals surface area contributed by atoms with E-state index >= 15 is 0 Å². The Morgan fingerprint density at radius 2 is 1.82 bits per heavy atom. The first kappa shape index (κ1) is 23.7. The number of hydrogen-bond donors (Lipinski definition) is 3. The molecule has 0 aliphatic heterocycles. The third kappa shape index (κ3) is 7.75. The van der Waals surface area contributed by atoms with Crippen molar-refractivity contribution in [2.75, 3.05) is 13.2 Å². The summed E-state index contributed by atoms with van der Waals surface area (Å²) in [6.07, 6.45) is -5.21. The lowest BCUT2D eigenvalue weighted by molar-refractivity contribution is -0.137. The first-order valence-electron chi connectivity index (χ1n) is 8.31. The van der Waals surface area contributed by atoms with Crippen molar-refractivity contribution in [1.82, 2.24) is 5.32 Å². The van der Waals surface area contributed by atoms with Crippen LogP contribution in [0.1, 0.15) is 11.1 Å². The van der Waals surface area contributed by atoms with Gasteiger partial charge in [-0.05, 0) is 30.2 Å². The van der Waals surface area contributed by atoms with Crippen molar-refractivity contribution in [3.05, 3.63) is 65.7 Å². The quantitative estimate of drug-likeness (QED) is 0.615. The molecule has 0 aliphatic rings. The SMILES string of the molecule is Cl.N[C@@H](Cc1ccccc1)C(=O)NCC(O)COc1cccc(C(F)(F)F)c1. The number of nitrogens with two attached hydrogens (primary N) is 1. The molecule has 5 nitrogen and oxygen atoms in total. The van der Waals surface area contributed by atoms with Gasteiger partial charge in [-0.1, -0.05) is 36.4 Å². The minimum Gasteiger partial charge on any atom is -0.491 e. The van der Waals surface area contributed by atoms with Crippen LogP contribution in [0, 0.1) is 0 Å². The van der Waals surface area contributed by atoms with E-state index in [4.69, 9.17) is 10.5 Å². The molecule has 2 aromatic carbocycles. The van der Waals surface area contributed by atoms with Gasteiger partial charge in [-0.2, -0.15) is 13.2 Å². The van der Waals surface area contributed by atoms with E-state index in [0.717, 1.165) is 17.7 Å². The molecule has 0 saturated heterocycles. The highest BCUT2D eigenvalue weighted by molar-refractivity contribution is 5.85. The largest absolute Gasteiger partial charge is 0.491 e. The van der Waals surface area contributed by atoms with Gasteiger partial charge < -0.3 is 20.9 Å². The number of hydrogen-bond acceptors (Lipinski definition) is 4. The summed E-state index contributed by atoms with van der Waals surface area (Å²) in [6.45, 7) is -0.393. The molecule has 0 aromatic heterocycles. The van der Waals surface area contributed by atoms with Crippen molar-refractivity contribution in [1.29, 1.82) is 0 Å². The number of aliphatic hydroxyl groups is 1. The predicted molar refractivity (Wildman–Crippen MR) is 101 cm³/mol. The van der Waals surface area contributed by atoms with Crippen molar-refractivity contribution >= 4 is 18.3 Å². The van der Waals surface area contributed by atoms with Gasteiger partial charge in [-0.3, -0.25) is 4.79 Å². The number of carbonyl (C=O) groups is 1. The zero-order valence-corrected chi connectivity index (χ0v) is 15.7. The van der Waals surface area contributed by atoms with Gasteiger partial charge in [-0.15, -0.1) is 12.4 Å². The highest BCUT2D eigenvalue weighted by Crippen LogP contribution is 2.31. The van der Waals surface area contributed by atoms with Gasteiger partial charge in [0.15, 0.2) is 0 Å².